The highest BCUT2D eigenvalue weighted by atomic mass is 32.1. The molecule has 0 aromatic carbocycles. The molecule has 1 atom stereocenters. The maximum Gasteiger partial charge on any atom is 0.354 e. The van der Waals surface area contributed by atoms with Gasteiger partial charge in [0, 0.05) is 17.7 Å². The van der Waals surface area contributed by atoms with Crippen LogP contribution in [0.1, 0.15) is 42.5 Å². The number of esters is 1. The number of carbonyl (C=O) groups excluding carboxylic acids is 2. The van der Waals surface area contributed by atoms with Crippen LogP contribution < -0.4 is 11.0 Å². The Bertz CT molecular complexity index is 991. The van der Waals surface area contributed by atoms with Crippen LogP contribution in [0.15, 0.2) is 9.90 Å². The number of nitrogens with zero attached hydrogens (tertiary/aromatic N) is 2. The van der Waals surface area contributed by atoms with E-state index >= 15 is 0 Å². The minimum absolute atomic E-state index is 0.143. The molecule has 9 heteroatoms. The van der Waals surface area contributed by atoms with Crippen LogP contribution in [0.4, 0.5) is 0 Å². The van der Waals surface area contributed by atoms with Crippen molar-refractivity contribution in [3.8, 4) is 0 Å². The van der Waals surface area contributed by atoms with E-state index in [1.54, 1.807) is 11.3 Å². The van der Waals surface area contributed by atoms with Crippen molar-refractivity contribution in [3.63, 3.8) is 0 Å². The van der Waals surface area contributed by atoms with Crippen LogP contribution in [0.3, 0.4) is 0 Å². The van der Waals surface area contributed by atoms with Gasteiger partial charge in [0.05, 0.1) is 5.39 Å². The highest BCUT2D eigenvalue weighted by molar-refractivity contribution is 7.18. The maximum atomic E-state index is 12.5. The summed E-state index contributed by atoms with van der Waals surface area (Å²) in [4.78, 5) is 44.7. The first-order chi connectivity index (χ1) is 12.5. The summed E-state index contributed by atoms with van der Waals surface area (Å²) in [5.41, 5.74) is 3.35. The Balaban J connectivity index is 1.53. The highest BCUT2D eigenvalue weighted by Crippen LogP contribution is 2.35. The van der Waals surface area contributed by atoms with Gasteiger partial charge in [-0.25, -0.2) is 15.2 Å². The lowest BCUT2D eigenvalue weighted by molar-refractivity contribution is -0.137. The molecule has 1 unspecified atom stereocenters. The number of ether oxygens (including phenoxy) is 1. The maximum absolute atomic E-state index is 12.5. The Labute approximate surface area is 152 Å². The molecular formula is C17H18N4O4S. The number of nitrogens with one attached hydrogen (secondary N) is 2. The second kappa shape index (κ2) is 6.64. The third-order valence-corrected chi connectivity index (χ3v) is 5.84. The molecule has 0 radical (unpaired) electrons. The first-order valence-electron chi connectivity index (χ1n) is 8.57. The molecule has 0 fully saturated rings. The van der Waals surface area contributed by atoms with E-state index in [1.807, 2.05) is 0 Å². The second-order valence-electron chi connectivity index (χ2n) is 6.71. The topological polar surface area (TPSA) is 114 Å². The zero-order chi connectivity index (χ0) is 18.3. The number of aryl methyl sites for hydroxylation is 1. The van der Waals surface area contributed by atoms with E-state index in [0.29, 0.717) is 22.0 Å². The molecule has 2 aliphatic rings. The van der Waals surface area contributed by atoms with Crippen molar-refractivity contribution in [1.29, 1.82) is 0 Å². The van der Waals surface area contributed by atoms with Crippen LogP contribution in [0.2, 0.25) is 0 Å². The number of thiophene rings is 1. The number of aromatic amines is 1. The first kappa shape index (κ1) is 16.9. The van der Waals surface area contributed by atoms with E-state index in [4.69, 9.17) is 4.74 Å². The van der Waals surface area contributed by atoms with Gasteiger partial charge in [0.15, 0.2) is 0 Å². The zero-order valence-electron chi connectivity index (χ0n) is 14.3. The standard InChI is InChI=1S/C17H18N4O4S/c1-8-2-3-9-11(6-8)26-16-14(9)15(23)18-12(19-16)7-25-17(24)10-4-5-13(22)21-20-10/h8H,2-7H2,1H3,(H,21,22)(H,18,19,23). The van der Waals surface area contributed by atoms with Crippen molar-refractivity contribution >= 4 is 39.1 Å². The number of H-pyrrole nitrogens is 1. The summed E-state index contributed by atoms with van der Waals surface area (Å²) in [6.45, 7) is 2.07. The van der Waals surface area contributed by atoms with Crippen molar-refractivity contribution in [2.24, 2.45) is 11.0 Å². The van der Waals surface area contributed by atoms with Gasteiger partial charge in [-0.15, -0.1) is 11.3 Å². The Morgan fingerprint density at radius 2 is 2.15 bits per heavy atom. The van der Waals surface area contributed by atoms with Crippen LogP contribution in [0.25, 0.3) is 10.2 Å². The van der Waals surface area contributed by atoms with Gasteiger partial charge in [0.1, 0.15) is 23.0 Å². The SMILES string of the molecule is CC1CCc2c(sc3nc(COC(=O)C4=NNC(=O)CC4)[nH]c(=O)c23)C1. The van der Waals surface area contributed by atoms with Gasteiger partial charge in [-0.3, -0.25) is 9.59 Å². The van der Waals surface area contributed by atoms with Crippen LogP contribution in [0, 0.1) is 5.92 Å². The zero-order valence-corrected chi connectivity index (χ0v) is 15.1. The van der Waals surface area contributed by atoms with E-state index < -0.39 is 5.97 Å². The first-order valence-corrected chi connectivity index (χ1v) is 9.39. The van der Waals surface area contributed by atoms with Crippen molar-refractivity contribution in [2.45, 2.75) is 45.6 Å². The Hall–Kier alpha value is -2.55. The molecule has 136 valence electrons. The Kier molecular flexibility index (Phi) is 4.31. The lowest BCUT2D eigenvalue weighted by Gasteiger charge is -2.17. The van der Waals surface area contributed by atoms with Gasteiger partial charge in [-0.2, -0.15) is 5.10 Å². The molecule has 0 spiro atoms. The highest BCUT2D eigenvalue weighted by Gasteiger charge is 2.24. The van der Waals surface area contributed by atoms with Gasteiger partial charge < -0.3 is 9.72 Å². The predicted molar refractivity (Wildman–Crippen MR) is 96.0 cm³/mol. The summed E-state index contributed by atoms with van der Waals surface area (Å²) in [5, 5.41) is 4.37. The number of fused-ring (bicyclic) bond motifs is 3. The van der Waals surface area contributed by atoms with Gasteiger partial charge in [-0.05, 0) is 30.7 Å². The quantitative estimate of drug-likeness (QED) is 0.789. The minimum atomic E-state index is -0.618. The summed E-state index contributed by atoms with van der Waals surface area (Å²) in [6, 6.07) is 0. The molecule has 0 bridgehead atoms. The monoisotopic (exact) mass is 374 g/mol. The Morgan fingerprint density at radius 3 is 2.92 bits per heavy atom. The van der Waals surface area contributed by atoms with Gasteiger partial charge in [0.2, 0.25) is 5.91 Å². The van der Waals surface area contributed by atoms with E-state index in [0.717, 1.165) is 24.8 Å². The number of rotatable bonds is 3. The van der Waals surface area contributed by atoms with Crippen molar-refractivity contribution < 1.29 is 14.3 Å². The van der Waals surface area contributed by atoms with Crippen molar-refractivity contribution in [2.75, 3.05) is 0 Å². The average molecular weight is 374 g/mol. The molecule has 8 nitrogen and oxygen atoms in total. The van der Waals surface area contributed by atoms with E-state index in [9.17, 15) is 14.4 Å². The van der Waals surface area contributed by atoms with Crippen LogP contribution >= 0.6 is 11.3 Å². The predicted octanol–water partition coefficient (Wildman–Crippen LogP) is 1.42. The summed E-state index contributed by atoms with van der Waals surface area (Å²) in [5.74, 6) is 0.0794. The van der Waals surface area contributed by atoms with Crippen molar-refractivity contribution in [1.82, 2.24) is 15.4 Å². The third kappa shape index (κ3) is 3.14. The fourth-order valence-electron chi connectivity index (χ4n) is 3.30. The fourth-order valence-corrected chi connectivity index (χ4v) is 4.70. The summed E-state index contributed by atoms with van der Waals surface area (Å²) in [6.07, 6.45) is 3.40. The lowest BCUT2D eigenvalue weighted by atomic mass is 9.89. The number of carbonyl (C=O) groups is 2. The largest absolute Gasteiger partial charge is 0.453 e. The number of amides is 1. The summed E-state index contributed by atoms with van der Waals surface area (Å²) >= 11 is 1.55. The summed E-state index contributed by atoms with van der Waals surface area (Å²) in [7, 11) is 0. The fraction of sp³-hybridized carbons (Fsp3) is 0.471. The van der Waals surface area contributed by atoms with Gasteiger partial charge in [0.25, 0.3) is 5.56 Å². The number of hydrogen-bond acceptors (Lipinski definition) is 7. The lowest BCUT2D eigenvalue weighted by Crippen LogP contribution is -2.30. The second-order valence-corrected chi connectivity index (χ2v) is 7.80. The molecule has 3 heterocycles. The van der Waals surface area contributed by atoms with E-state index in [2.05, 4.69) is 27.4 Å². The molecule has 2 aromatic rings. The number of aromatic nitrogens is 2. The van der Waals surface area contributed by atoms with E-state index in [1.165, 1.54) is 4.88 Å². The molecule has 0 saturated heterocycles. The molecular weight excluding hydrogens is 356 g/mol. The molecule has 2 aromatic heterocycles. The average Bonchev–Trinajstić information content (AvgIpc) is 2.98. The molecule has 2 N–H and O–H groups in total. The molecule has 4 rings (SSSR count). The van der Waals surface area contributed by atoms with E-state index in [-0.39, 0.29) is 36.6 Å². The van der Waals surface area contributed by atoms with Crippen LogP contribution in [-0.4, -0.2) is 27.6 Å². The smallest absolute Gasteiger partial charge is 0.354 e. The summed E-state index contributed by atoms with van der Waals surface area (Å²) < 4.78 is 5.18. The number of hydrazone groups is 1. The van der Waals surface area contributed by atoms with Gasteiger partial charge >= 0.3 is 5.97 Å². The molecule has 1 aliphatic carbocycles. The van der Waals surface area contributed by atoms with Crippen LogP contribution in [-0.2, 0) is 33.8 Å². The molecule has 1 amide bonds. The van der Waals surface area contributed by atoms with Crippen LogP contribution in [0.5, 0.6) is 0 Å². The van der Waals surface area contributed by atoms with Gasteiger partial charge in [-0.1, -0.05) is 6.92 Å². The van der Waals surface area contributed by atoms with Crippen molar-refractivity contribution in [3.05, 3.63) is 26.6 Å². The third-order valence-electron chi connectivity index (χ3n) is 4.69. The normalized spacial score (nSPS) is 19.7. The molecule has 26 heavy (non-hydrogen) atoms. The number of hydrogen-bond donors (Lipinski definition) is 2. The molecule has 0 saturated carbocycles. The molecule has 1 aliphatic heterocycles. The minimum Gasteiger partial charge on any atom is -0.453 e. The Morgan fingerprint density at radius 1 is 1.31 bits per heavy atom.